The third kappa shape index (κ3) is 4.54. The maximum atomic E-state index is 11.4. The molecule has 20 heavy (non-hydrogen) atoms. The van der Waals surface area contributed by atoms with E-state index in [1.165, 1.54) is 0 Å². The van der Waals surface area contributed by atoms with Crippen LogP contribution in [0, 0.1) is 0 Å². The quantitative estimate of drug-likeness (QED) is 0.833. The summed E-state index contributed by atoms with van der Waals surface area (Å²) >= 11 is 1.69. The Bertz CT molecular complexity index is 641. The van der Waals surface area contributed by atoms with E-state index in [1.54, 1.807) is 37.0 Å². The number of benzene rings is 1. The third-order valence-corrected chi connectivity index (χ3v) is 5.03. The predicted molar refractivity (Wildman–Crippen MR) is 83.3 cm³/mol. The number of sulfonamides is 1. The fourth-order valence-corrected chi connectivity index (χ4v) is 2.99. The summed E-state index contributed by atoms with van der Waals surface area (Å²) in [5.74, 6) is 0.915. The van der Waals surface area contributed by atoms with E-state index in [1.807, 2.05) is 30.5 Å². The number of thioether (sulfide) groups is 1. The van der Waals surface area contributed by atoms with E-state index < -0.39 is 10.0 Å². The lowest BCUT2D eigenvalue weighted by Gasteiger charge is -2.07. The number of anilines is 1. The highest BCUT2D eigenvalue weighted by Crippen LogP contribution is 2.24. The van der Waals surface area contributed by atoms with Crippen LogP contribution in [0.25, 0.3) is 0 Å². The van der Waals surface area contributed by atoms with Crippen molar-refractivity contribution in [3.05, 3.63) is 54.4 Å². The first-order chi connectivity index (χ1) is 9.59. The number of pyridine rings is 1. The fourth-order valence-electron chi connectivity index (χ4n) is 1.52. The lowest BCUT2D eigenvalue weighted by Crippen LogP contribution is -2.14. The minimum absolute atomic E-state index is 0.0739. The van der Waals surface area contributed by atoms with Gasteiger partial charge in [-0.1, -0.05) is 6.07 Å². The molecule has 106 valence electrons. The molecule has 0 spiro atoms. The van der Waals surface area contributed by atoms with Gasteiger partial charge in [0.1, 0.15) is 0 Å². The van der Waals surface area contributed by atoms with Crippen molar-refractivity contribution < 1.29 is 8.42 Å². The molecule has 0 fully saturated rings. The first-order valence-corrected chi connectivity index (χ1v) is 8.85. The molecule has 1 aromatic heterocycles. The lowest BCUT2D eigenvalue weighted by atomic mass is 10.3. The Morgan fingerprint density at radius 3 is 2.55 bits per heavy atom. The van der Waals surface area contributed by atoms with E-state index in [2.05, 4.69) is 9.71 Å². The minimum Gasteiger partial charge on any atom is -0.284 e. The molecule has 0 saturated carbocycles. The molecule has 0 aliphatic heterocycles. The molecule has 0 atom stereocenters. The van der Waals surface area contributed by atoms with Crippen LogP contribution in [0.1, 0.15) is 12.5 Å². The number of hydrogen-bond donors (Lipinski definition) is 1. The van der Waals surface area contributed by atoms with Gasteiger partial charge in [-0.15, -0.1) is 11.8 Å². The van der Waals surface area contributed by atoms with Crippen molar-refractivity contribution in [2.75, 3.05) is 10.5 Å². The van der Waals surface area contributed by atoms with Crippen molar-refractivity contribution in [1.82, 2.24) is 4.98 Å². The highest BCUT2D eigenvalue weighted by Gasteiger charge is 2.06. The van der Waals surface area contributed by atoms with Crippen molar-refractivity contribution in [3.63, 3.8) is 0 Å². The van der Waals surface area contributed by atoms with Gasteiger partial charge >= 0.3 is 0 Å². The topological polar surface area (TPSA) is 59.1 Å². The summed E-state index contributed by atoms with van der Waals surface area (Å²) < 4.78 is 25.4. The van der Waals surface area contributed by atoms with Crippen LogP contribution >= 0.6 is 11.8 Å². The molecule has 2 rings (SSSR count). The van der Waals surface area contributed by atoms with Crippen LogP contribution in [0.15, 0.2) is 53.7 Å². The third-order valence-electron chi connectivity index (χ3n) is 2.64. The highest BCUT2D eigenvalue weighted by molar-refractivity contribution is 7.98. The summed E-state index contributed by atoms with van der Waals surface area (Å²) in [6, 6.07) is 11.3. The molecule has 0 bridgehead atoms. The molecule has 0 saturated heterocycles. The normalized spacial score (nSPS) is 11.2. The van der Waals surface area contributed by atoms with Crippen molar-refractivity contribution >= 4 is 27.5 Å². The average Bonchev–Trinajstić information content (AvgIpc) is 2.47. The van der Waals surface area contributed by atoms with E-state index >= 15 is 0 Å². The molecular weight excluding hydrogens is 292 g/mol. The van der Waals surface area contributed by atoms with Crippen LogP contribution in [0.3, 0.4) is 0 Å². The molecule has 0 aliphatic carbocycles. The Balaban J connectivity index is 1.95. The summed E-state index contributed by atoms with van der Waals surface area (Å²) in [5, 5.41) is 0. The molecule has 4 nitrogen and oxygen atoms in total. The van der Waals surface area contributed by atoms with E-state index in [-0.39, 0.29) is 5.75 Å². The largest absolute Gasteiger partial charge is 0.284 e. The molecular formula is C14H16N2O2S2. The molecule has 1 heterocycles. The first kappa shape index (κ1) is 14.9. The van der Waals surface area contributed by atoms with Gasteiger partial charge in [-0.3, -0.25) is 9.71 Å². The summed E-state index contributed by atoms with van der Waals surface area (Å²) in [5.41, 5.74) is 1.76. The average molecular weight is 308 g/mol. The summed E-state index contributed by atoms with van der Waals surface area (Å²) in [6.07, 6.45) is 3.60. The lowest BCUT2D eigenvalue weighted by molar-refractivity contribution is 0.602. The maximum Gasteiger partial charge on any atom is 0.232 e. The molecule has 0 aliphatic rings. The Morgan fingerprint density at radius 2 is 1.95 bits per heavy atom. The minimum atomic E-state index is -3.21. The van der Waals surface area contributed by atoms with Crippen LogP contribution < -0.4 is 4.72 Å². The molecule has 0 amide bonds. The van der Waals surface area contributed by atoms with E-state index in [9.17, 15) is 8.42 Å². The van der Waals surface area contributed by atoms with Crippen LogP contribution in [0.4, 0.5) is 5.69 Å². The number of nitrogens with one attached hydrogen (secondary N) is 1. The van der Waals surface area contributed by atoms with Gasteiger partial charge in [0.25, 0.3) is 0 Å². The number of hydrogen-bond acceptors (Lipinski definition) is 4. The second-order valence-corrected chi connectivity index (χ2v) is 7.24. The zero-order valence-electron chi connectivity index (χ0n) is 11.1. The molecule has 2 aromatic rings. The van der Waals surface area contributed by atoms with Crippen molar-refractivity contribution in [3.8, 4) is 0 Å². The first-order valence-electron chi connectivity index (χ1n) is 6.21. The predicted octanol–water partition coefficient (Wildman–Crippen LogP) is 3.14. The number of nitrogens with zero attached hydrogens (tertiary/aromatic N) is 1. The Kier molecular flexibility index (Phi) is 5.03. The SMILES string of the molecule is CCS(=O)(=O)Nc1ccc(SCc2cccnc2)cc1. The van der Waals surface area contributed by atoms with Crippen molar-refractivity contribution in [2.24, 2.45) is 0 Å². The standard InChI is InChI=1S/C14H16N2O2S2/c1-2-20(17,18)16-13-5-7-14(8-6-13)19-11-12-4-3-9-15-10-12/h3-10,16H,2,11H2,1H3. The van der Waals surface area contributed by atoms with Gasteiger partial charge in [-0.05, 0) is 42.8 Å². The van der Waals surface area contributed by atoms with Gasteiger partial charge in [0.05, 0.1) is 5.75 Å². The highest BCUT2D eigenvalue weighted by atomic mass is 32.2. The molecule has 0 radical (unpaired) electrons. The molecule has 1 aromatic carbocycles. The number of aromatic nitrogens is 1. The van der Waals surface area contributed by atoms with Gasteiger partial charge in [-0.2, -0.15) is 0 Å². The maximum absolute atomic E-state index is 11.4. The van der Waals surface area contributed by atoms with Crippen LogP contribution in [0.5, 0.6) is 0 Å². The Labute approximate surface area is 123 Å². The zero-order chi connectivity index (χ0) is 14.4. The Hall–Kier alpha value is -1.53. The molecule has 6 heteroatoms. The summed E-state index contributed by atoms with van der Waals surface area (Å²) in [6.45, 7) is 1.61. The number of rotatable bonds is 6. The zero-order valence-corrected chi connectivity index (χ0v) is 12.7. The van der Waals surface area contributed by atoms with Gasteiger partial charge < -0.3 is 0 Å². The van der Waals surface area contributed by atoms with E-state index in [0.717, 1.165) is 16.2 Å². The fraction of sp³-hybridized carbons (Fsp3) is 0.214. The molecule has 1 N–H and O–H groups in total. The van der Waals surface area contributed by atoms with Crippen LogP contribution in [-0.2, 0) is 15.8 Å². The van der Waals surface area contributed by atoms with Crippen LogP contribution in [0.2, 0.25) is 0 Å². The smallest absolute Gasteiger partial charge is 0.232 e. The summed E-state index contributed by atoms with van der Waals surface area (Å²) in [7, 11) is -3.21. The summed E-state index contributed by atoms with van der Waals surface area (Å²) in [4.78, 5) is 5.16. The van der Waals surface area contributed by atoms with E-state index in [0.29, 0.717) is 5.69 Å². The van der Waals surface area contributed by atoms with Crippen molar-refractivity contribution in [2.45, 2.75) is 17.6 Å². The van der Waals surface area contributed by atoms with Gasteiger partial charge in [0.15, 0.2) is 0 Å². The van der Waals surface area contributed by atoms with Gasteiger partial charge in [-0.25, -0.2) is 8.42 Å². The Morgan fingerprint density at radius 1 is 1.20 bits per heavy atom. The van der Waals surface area contributed by atoms with E-state index in [4.69, 9.17) is 0 Å². The van der Waals surface area contributed by atoms with Crippen LogP contribution in [-0.4, -0.2) is 19.2 Å². The van der Waals surface area contributed by atoms with Crippen molar-refractivity contribution in [1.29, 1.82) is 0 Å². The van der Waals surface area contributed by atoms with Gasteiger partial charge in [0.2, 0.25) is 10.0 Å². The van der Waals surface area contributed by atoms with Gasteiger partial charge in [0, 0.05) is 28.7 Å². The molecule has 0 unspecified atom stereocenters. The second-order valence-electron chi connectivity index (χ2n) is 4.18. The second kappa shape index (κ2) is 6.76. The monoisotopic (exact) mass is 308 g/mol.